The molecule has 0 aliphatic heterocycles. The van der Waals surface area contributed by atoms with Crippen LogP contribution in [0.15, 0.2) is 54.2 Å². The standard InChI is InChI=1S/C19H23FN4S/c1-22(2)9-10-23(15-19-4-3-11-25-19)13-16-12-21-24(14-16)18-7-5-17(20)6-8-18/h3-8,11-12,14H,9-10,13,15H2,1-2H3. The number of rotatable bonds is 8. The molecule has 4 nitrogen and oxygen atoms in total. The van der Waals surface area contributed by atoms with Gasteiger partial charge in [0, 0.05) is 42.8 Å². The normalized spacial score (nSPS) is 11.6. The zero-order chi connectivity index (χ0) is 17.6. The molecule has 0 spiro atoms. The van der Waals surface area contributed by atoms with Crippen molar-refractivity contribution in [2.75, 3.05) is 27.2 Å². The maximum atomic E-state index is 13.1. The molecule has 0 aliphatic carbocycles. The van der Waals surface area contributed by atoms with E-state index in [0.717, 1.165) is 37.4 Å². The van der Waals surface area contributed by atoms with Crippen LogP contribution in [-0.4, -0.2) is 46.8 Å². The predicted molar refractivity (Wildman–Crippen MR) is 101 cm³/mol. The van der Waals surface area contributed by atoms with Crippen molar-refractivity contribution < 1.29 is 4.39 Å². The summed E-state index contributed by atoms with van der Waals surface area (Å²) >= 11 is 1.79. The topological polar surface area (TPSA) is 24.3 Å². The molecular formula is C19H23FN4S. The van der Waals surface area contributed by atoms with Crippen molar-refractivity contribution in [1.29, 1.82) is 0 Å². The Balaban J connectivity index is 1.69. The van der Waals surface area contributed by atoms with Gasteiger partial charge < -0.3 is 4.90 Å². The smallest absolute Gasteiger partial charge is 0.123 e. The van der Waals surface area contributed by atoms with E-state index in [0.29, 0.717) is 0 Å². The molecule has 6 heteroatoms. The van der Waals surface area contributed by atoms with Crippen molar-refractivity contribution in [3.05, 3.63) is 70.4 Å². The van der Waals surface area contributed by atoms with Gasteiger partial charge >= 0.3 is 0 Å². The van der Waals surface area contributed by atoms with E-state index in [4.69, 9.17) is 0 Å². The van der Waals surface area contributed by atoms with Crippen LogP contribution in [0.1, 0.15) is 10.4 Å². The minimum Gasteiger partial charge on any atom is -0.308 e. The summed E-state index contributed by atoms with van der Waals surface area (Å²) in [6.07, 6.45) is 3.91. The first-order chi connectivity index (χ1) is 12.1. The second-order valence-electron chi connectivity index (χ2n) is 6.36. The Morgan fingerprint density at radius 3 is 2.56 bits per heavy atom. The number of thiophene rings is 1. The molecule has 0 fully saturated rings. The minimum absolute atomic E-state index is 0.234. The number of hydrogen-bond acceptors (Lipinski definition) is 4. The van der Waals surface area contributed by atoms with Gasteiger partial charge in [-0.2, -0.15) is 5.10 Å². The number of aromatic nitrogens is 2. The molecule has 1 aromatic carbocycles. The van der Waals surface area contributed by atoms with Crippen LogP contribution in [0, 0.1) is 5.82 Å². The van der Waals surface area contributed by atoms with Crippen LogP contribution in [0.25, 0.3) is 5.69 Å². The number of hydrogen-bond donors (Lipinski definition) is 0. The van der Waals surface area contributed by atoms with Gasteiger partial charge in [0.1, 0.15) is 5.82 Å². The predicted octanol–water partition coefficient (Wildman–Crippen LogP) is 3.64. The number of benzene rings is 1. The van der Waals surface area contributed by atoms with Gasteiger partial charge in [0.15, 0.2) is 0 Å². The summed E-state index contributed by atoms with van der Waals surface area (Å²) in [5.74, 6) is -0.234. The molecule has 0 amide bonds. The van der Waals surface area contributed by atoms with E-state index in [1.807, 2.05) is 12.4 Å². The van der Waals surface area contributed by atoms with Gasteiger partial charge in [0.2, 0.25) is 0 Å². The van der Waals surface area contributed by atoms with Gasteiger partial charge in [0.05, 0.1) is 11.9 Å². The molecule has 0 saturated carbocycles. The molecular weight excluding hydrogens is 335 g/mol. The molecule has 3 rings (SSSR count). The average Bonchev–Trinajstić information content (AvgIpc) is 3.25. The third kappa shape index (κ3) is 5.22. The second kappa shape index (κ2) is 8.38. The van der Waals surface area contributed by atoms with Crippen LogP contribution >= 0.6 is 11.3 Å². The van der Waals surface area contributed by atoms with E-state index in [2.05, 4.69) is 46.5 Å². The van der Waals surface area contributed by atoms with Crippen LogP contribution in [-0.2, 0) is 13.1 Å². The van der Waals surface area contributed by atoms with Gasteiger partial charge in [-0.25, -0.2) is 9.07 Å². The first-order valence-electron chi connectivity index (χ1n) is 8.29. The summed E-state index contributed by atoms with van der Waals surface area (Å²) in [5.41, 5.74) is 2.02. The highest BCUT2D eigenvalue weighted by molar-refractivity contribution is 7.09. The van der Waals surface area contributed by atoms with Gasteiger partial charge in [-0.3, -0.25) is 4.90 Å². The fourth-order valence-corrected chi connectivity index (χ4v) is 3.36. The van der Waals surface area contributed by atoms with Crippen molar-refractivity contribution >= 4 is 11.3 Å². The number of halogens is 1. The molecule has 3 aromatic rings. The SMILES string of the molecule is CN(C)CCN(Cc1cnn(-c2ccc(F)cc2)c1)Cc1cccs1. The van der Waals surface area contributed by atoms with Crippen molar-refractivity contribution in [3.63, 3.8) is 0 Å². The first-order valence-corrected chi connectivity index (χ1v) is 9.17. The molecule has 0 N–H and O–H groups in total. The van der Waals surface area contributed by atoms with Crippen LogP contribution in [0.3, 0.4) is 0 Å². The fraction of sp³-hybridized carbons (Fsp3) is 0.316. The van der Waals surface area contributed by atoms with Crippen molar-refractivity contribution in [1.82, 2.24) is 19.6 Å². The zero-order valence-electron chi connectivity index (χ0n) is 14.6. The molecule has 0 saturated heterocycles. The molecule has 0 radical (unpaired) electrons. The van der Waals surface area contributed by atoms with Gasteiger partial charge in [-0.1, -0.05) is 6.07 Å². The summed E-state index contributed by atoms with van der Waals surface area (Å²) in [6.45, 7) is 3.78. The quantitative estimate of drug-likeness (QED) is 0.614. The summed E-state index contributed by atoms with van der Waals surface area (Å²) in [5, 5.41) is 6.54. The van der Waals surface area contributed by atoms with Gasteiger partial charge in [-0.15, -0.1) is 11.3 Å². The molecule has 0 atom stereocenters. The van der Waals surface area contributed by atoms with E-state index >= 15 is 0 Å². The average molecular weight is 358 g/mol. The Hall–Kier alpha value is -2.02. The Bertz CT molecular complexity index is 765. The van der Waals surface area contributed by atoms with Gasteiger partial charge in [-0.05, 0) is 49.8 Å². The van der Waals surface area contributed by atoms with E-state index in [9.17, 15) is 4.39 Å². The van der Waals surface area contributed by atoms with Crippen LogP contribution in [0.2, 0.25) is 0 Å². The molecule has 0 bridgehead atoms. The van der Waals surface area contributed by atoms with Crippen LogP contribution in [0.5, 0.6) is 0 Å². The molecule has 0 unspecified atom stereocenters. The Morgan fingerprint density at radius 2 is 1.88 bits per heavy atom. The highest BCUT2D eigenvalue weighted by atomic mass is 32.1. The fourth-order valence-electron chi connectivity index (χ4n) is 2.61. The van der Waals surface area contributed by atoms with E-state index in [1.54, 1.807) is 28.2 Å². The minimum atomic E-state index is -0.234. The lowest BCUT2D eigenvalue weighted by Crippen LogP contribution is -2.30. The number of nitrogens with zero attached hydrogens (tertiary/aromatic N) is 4. The summed E-state index contributed by atoms with van der Waals surface area (Å²) < 4.78 is 14.9. The monoisotopic (exact) mass is 358 g/mol. The number of likely N-dealkylation sites (N-methyl/N-ethyl adjacent to an activating group) is 1. The lowest BCUT2D eigenvalue weighted by Gasteiger charge is -2.23. The third-order valence-electron chi connectivity index (χ3n) is 3.96. The molecule has 0 aliphatic rings. The van der Waals surface area contributed by atoms with Crippen LogP contribution in [0.4, 0.5) is 4.39 Å². The first kappa shape index (κ1) is 17.8. The summed E-state index contributed by atoms with van der Waals surface area (Å²) in [4.78, 5) is 5.99. The molecule has 2 heterocycles. The Morgan fingerprint density at radius 1 is 1.08 bits per heavy atom. The van der Waals surface area contributed by atoms with E-state index in [-0.39, 0.29) is 5.82 Å². The molecule has 2 aromatic heterocycles. The van der Waals surface area contributed by atoms with Crippen molar-refractivity contribution in [3.8, 4) is 5.69 Å². The zero-order valence-corrected chi connectivity index (χ0v) is 15.4. The maximum Gasteiger partial charge on any atom is 0.123 e. The van der Waals surface area contributed by atoms with E-state index in [1.165, 1.54) is 17.0 Å². The van der Waals surface area contributed by atoms with Crippen LogP contribution < -0.4 is 0 Å². The van der Waals surface area contributed by atoms with E-state index < -0.39 is 0 Å². The summed E-state index contributed by atoms with van der Waals surface area (Å²) in [6, 6.07) is 10.7. The Labute approximate surface area is 152 Å². The molecule has 132 valence electrons. The lowest BCUT2D eigenvalue weighted by atomic mass is 10.3. The highest BCUT2D eigenvalue weighted by Gasteiger charge is 2.10. The van der Waals surface area contributed by atoms with Gasteiger partial charge in [0.25, 0.3) is 0 Å². The summed E-state index contributed by atoms with van der Waals surface area (Å²) in [7, 11) is 4.19. The second-order valence-corrected chi connectivity index (χ2v) is 7.40. The lowest BCUT2D eigenvalue weighted by molar-refractivity contribution is 0.228. The largest absolute Gasteiger partial charge is 0.308 e. The molecule has 25 heavy (non-hydrogen) atoms. The van der Waals surface area contributed by atoms with Crippen molar-refractivity contribution in [2.45, 2.75) is 13.1 Å². The van der Waals surface area contributed by atoms with Crippen molar-refractivity contribution in [2.24, 2.45) is 0 Å². The Kier molecular flexibility index (Phi) is 5.96. The highest BCUT2D eigenvalue weighted by Crippen LogP contribution is 2.15. The third-order valence-corrected chi connectivity index (χ3v) is 4.82. The maximum absolute atomic E-state index is 13.1.